The molecule has 15 aromatic rings. The van der Waals surface area contributed by atoms with Crippen LogP contribution < -0.4 is 42.2 Å². The maximum atomic E-state index is 13.0. The van der Waals surface area contributed by atoms with Gasteiger partial charge in [0.05, 0.1) is 82.6 Å². The number of nitro groups is 2. The number of nitrogen functional groups attached to an aromatic ring is 1. The Morgan fingerprint density at radius 2 is 0.776 bits per heavy atom. The minimum absolute atomic E-state index is 0.00612. The number of halogens is 1. The molecule has 26 heteroatoms. The number of rotatable bonds is 8. The van der Waals surface area contributed by atoms with E-state index in [1.807, 2.05) is 149 Å². The zero-order chi connectivity index (χ0) is 74.0. The summed E-state index contributed by atoms with van der Waals surface area (Å²) in [6, 6.07) is 54.5. The van der Waals surface area contributed by atoms with Gasteiger partial charge >= 0.3 is 7.12 Å². The third-order valence-corrected chi connectivity index (χ3v) is 21.3. The Morgan fingerprint density at radius 1 is 0.421 bits per heavy atom. The van der Waals surface area contributed by atoms with Crippen molar-refractivity contribution in [2.24, 2.45) is 0 Å². The normalized spacial score (nSPS) is 15.8. The van der Waals surface area contributed by atoms with Gasteiger partial charge in [0.1, 0.15) is 61.7 Å². The standard InChI is InChI=1S/C25H19N3O5.C25H21N3O3.C18H18BNO5.C13H13BrN2O2/c29-20-14-22(27-10-12-32-13-11-27)26-24-15(5-3-6-17(20)24)16-8-9-19(28(30)31)23-18-4-1-2-7-21(18)33-25(16)23;26-19-9-8-16(25-23(19)18-4-1-2-7-21(18)31-25)15-5-3-6-17-20(29)14-22(27-24(15)17)28-10-12-30-13-11-28;1-17(2)18(3,4)25-19(24-17)12-9-10-13(20(21)22)15-11-7-5-6-8-14(11)23-16(12)15;14-10-3-1-2-9-11(17)8-12(15-13(9)10)16-4-6-18-7-5-16/h1-9,14H,10-13H2,(H,26,29);1-9,14H,10-13,26H2,(H,27,29);5-10H,1-4H3;1-3,8H,4-7H2,(H,15,17). The van der Waals surface area contributed by atoms with Crippen molar-refractivity contribution in [1.82, 2.24) is 15.0 Å². The van der Waals surface area contributed by atoms with Crippen LogP contribution in [-0.4, -0.2) is 122 Å². The molecule has 0 bridgehead atoms. The first-order chi connectivity index (χ1) is 51.8. The minimum Gasteiger partial charge on any atom is -0.456 e. The van der Waals surface area contributed by atoms with E-state index in [0.717, 1.165) is 97.8 Å². The van der Waals surface area contributed by atoms with Crippen LogP contribution in [0.15, 0.2) is 214 Å². The number of hydrogen-bond acceptors (Lipinski definition) is 19. The third-order valence-electron chi connectivity index (χ3n) is 20.6. The fraction of sp³-hybridized carbons (Fsp3) is 0.222. The Labute approximate surface area is 617 Å². The highest BCUT2D eigenvalue weighted by molar-refractivity contribution is 9.10. The highest BCUT2D eigenvalue weighted by Gasteiger charge is 2.53. The quantitative estimate of drug-likeness (QED) is 0.0475. The predicted octanol–water partition coefficient (Wildman–Crippen LogP) is 15.3. The van der Waals surface area contributed by atoms with Crippen LogP contribution in [0, 0.1) is 20.2 Å². The predicted molar refractivity (Wildman–Crippen MR) is 423 cm³/mol. The molecule has 540 valence electrons. The molecule has 9 aromatic carbocycles. The maximum Gasteiger partial charge on any atom is 0.498 e. The summed E-state index contributed by atoms with van der Waals surface area (Å²) in [5.41, 5.74) is 15.7. The number of pyridine rings is 3. The van der Waals surface area contributed by atoms with Crippen molar-refractivity contribution < 1.29 is 46.6 Å². The van der Waals surface area contributed by atoms with Crippen LogP contribution in [-0.2, 0) is 23.5 Å². The summed E-state index contributed by atoms with van der Waals surface area (Å²) in [6.07, 6.45) is 0. The van der Waals surface area contributed by atoms with Crippen LogP contribution in [0.2, 0.25) is 0 Å². The number of benzene rings is 9. The van der Waals surface area contributed by atoms with E-state index in [-0.39, 0.29) is 27.7 Å². The van der Waals surface area contributed by atoms with E-state index in [1.54, 1.807) is 48.5 Å². The highest BCUT2D eigenvalue weighted by Crippen LogP contribution is 2.45. The smallest absolute Gasteiger partial charge is 0.456 e. The van der Waals surface area contributed by atoms with Gasteiger partial charge in [0.2, 0.25) is 0 Å². The van der Waals surface area contributed by atoms with Crippen molar-refractivity contribution in [2.75, 3.05) is 99.3 Å². The zero-order valence-electron chi connectivity index (χ0n) is 58.7. The molecule has 6 aromatic heterocycles. The highest BCUT2D eigenvalue weighted by atomic mass is 79.9. The summed E-state index contributed by atoms with van der Waals surface area (Å²) in [4.78, 5) is 77.2. The first-order valence-electron chi connectivity index (χ1n) is 35.1. The van der Waals surface area contributed by atoms with Crippen molar-refractivity contribution in [3.63, 3.8) is 0 Å². The van der Waals surface area contributed by atoms with Crippen LogP contribution in [0.3, 0.4) is 0 Å². The second-order valence-corrected chi connectivity index (χ2v) is 28.3. The van der Waals surface area contributed by atoms with E-state index in [0.29, 0.717) is 135 Å². The SMILES string of the molecule is CC1(C)OB(c2ccc([N+](=O)[O-])c3c2oc2ccccc23)OC1(C)C.Nc1ccc(-c2cccc3c(=O)cc(N4CCOCC4)[nH]c23)c2oc3ccccc3c12.O=c1cc(N2CCOCC2)[nH]c2c(-c3ccc([N+](=O)[O-])c4c3oc3ccccc34)cccc12.O=c1cc(N2CCOCC2)[nH]c2c(Br)cccc12. The van der Waals surface area contributed by atoms with Crippen LogP contribution in [0.5, 0.6) is 0 Å². The number of aromatic amines is 3. The van der Waals surface area contributed by atoms with Gasteiger partial charge in [-0.2, -0.15) is 0 Å². The zero-order valence-corrected chi connectivity index (χ0v) is 60.3. The monoisotopic (exact) mass is 1500 g/mol. The molecule has 19 rings (SSSR count). The van der Waals surface area contributed by atoms with E-state index in [4.69, 9.17) is 42.5 Å². The number of anilines is 4. The van der Waals surface area contributed by atoms with Gasteiger partial charge < -0.3 is 72.2 Å². The molecule has 10 heterocycles. The first-order valence-corrected chi connectivity index (χ1v) is 35.9. The summed E-state index contributed by atoms with van der Waals surface area (Å²) >= 11 is 3.48. The second kappa shape index (κ2) is 28.3. The fourth-order valence-corrected chi connectivity index (χ4v) is 15.0. The molecular weight excluding hydrogens is 1430 g/mol. The third kappa shape index (κ3) is 12.9. The summed E-state index contributed by atoms with van der Waals surface area (Å²) in [5.74, 6) is 2.40. The largest absolute Gasteiger partial charge is 0.498 e. The fourth-order valence-electron chi connectivity index (χ4n) is 14.5. The first kappa shape index (κ1) is 69.7. The number of fused-ring (bicyclic) bond motifs is 12. The molecule has 5 N–H and O–H groups in total. The second-order valence-electron chi connectivity index (χ2n) is 27.5. The Hall–Kier alpha value is -11.6. The molecule has 4 saturated heterocycles. The van der Waals surface area contributed by atoms with Gasteiger partial charge in [-0.1, -0.05) is 91.0 Å². The van der Waals surface area contributed by atoms with Gasteiger partial charge in [-0.15, -0.1) is 0 Å². The number of nitrogens with two attached hydrogens (primary N) is 1. The summed E-state index contributed by atoms with van der Waals surface area (Å²) in [6.45, 7) is 16.3. The van der Waals surface area contributed by atoms with Gasteiger partial charge in [0.25, 0.3) is 11.4 Å². The number of nitrogens with one attached hydrogen (secondary N) is 3. The summed E-state index contributed by atoms with van der Waals surface area (Å²) in [7, 11) is -0.645. The van der Waals surface area contributed by atoms with Crippen LogP contribution in [0.25, 0.3) is 121 Å². The van der Waals surface area contributed by atoms with Crippen LogP contribution in [0.1, 0.15) is 27.7 Å². The van der Waals surface area contributed by atoms with Gasteiger partial charge in [-0.3, -0.25) is 34.6 Å². The van der Waals surface area contributed by atoms with E-state index >= 15 is 0 Å². The molecule has 107 heavy (non-hydrogen) atoms. The molecular formula is C81H71BBrN9O15. The number of H-pyrrole nitrogens is 3. The van der Waals surface area contributed by atoms with Gasteiger partial charge in [0, 0.05) is 140 Å². The summed E-state index contributed by atoms with van der Waals surface area (Å²) < 4.78 is 47.7. The molecule has 0 atom stereocenters. The number of aromatic nitrogens is 3. The van der Waals surface area contributed by atoms with Gasteiger partial charge in [0.15, 0.2) is 16.3 Å². The van der Waals surface area contributed by atoms with Gasteiger partial charge in [-0.25, -0.2) is 0 Å². The van der Waals surface area contributed by atoms with E-state index < -0.39 is 28.2 Å². The number of furan rings is 3. The summed E-state index contributed by atoms with van der Waals surface area (Å²) in [5, 5.41) is 29.4. The molecule has 0 amide bonds. The average molecular weight is 1500 g/mol. The topological polar surface area (TPSA) is 306 Å². The van der Waals surface area contributed by atoms with Gasteiger partial charge in [-0.05, 0) is 104 Å². The molecule has 24 nitrogen and oxygen atoms in total. The number of hydrogen-bond donors (Lipinski definition) is 4. The Morgan fingerprint density at radius 3 is 1.22 bits per heavy atom. The van der Waals surface area contributed by atoms with E-state index in [1.165, 1.54) is 12.1 Å². The number of ether oxygens (including phenoxy) is 3. The molecule has 0 aliphatic carbocycles. The lowest BCUT2D eigenvalue weighted by Gasteiger charge is -2.32. The lowest BCUT2D eigenvalue weighted by Crippen LogP contribution is -2.41. The maximum absolute atomic E-state index is 13.0. The lowest BCUT2D eigenvalue weighted by atomic mass is 9.78. The van der Waals surface area contributed by atoms with E-state index in [2.05, 4.69) is 45.6 Å². The van der Waals surface area contributed by atoms with Crippen molar-refractivity contribution in [3.8, 4) is 22.3 Å². The Bertz CT molecular complexity index is 6210. The number of non-ortho nitro benzene ring substituents is 2. The molecule has 0 spiro atoms. The molecule has 4 aliphatic heterocycles. The molecule has 0 unspecified atom stereocenters. The number of morpholine rings is 3. The molecule has 0 radical (unpaired) electrons. The van der Waals surface area contributed by atoms with E-state index in [9.17, 15) is 34.6 Å². The average Bonchev–Trinajstić information content (AvgIpc) is 1.63. The van der Waals surface area contributed by atoms with Crippen molar-refractivity contribution >= 4 is 162 Å². The number of nitro benzene ring substituents is 2. The molecule has 4 aliphatic rings. The number of para-hydroxylation sites is 6. The minimum atomic E-state index is -0.645. The Kier molecular flexibility index (Phi) is 18.5. The lowest BCUT2D eigenvalue weighted by molar-refractivity contribution is -0.383. The van der Waals surface area contributed by atoms with Crippen molar-refractivity contribution in [3.05, 3.63) is 237 Å². The molecule has 4 fully saturated rings. The van der Waals surface area contributed by atoms with Crippen molar-refractivity contribution in [2.45, 2.75) is 38.9 Å². The van der Waals surface area contributed by atoms with Crippen LogP contribution in [0.4, 0.5) is 34.5 Å². The Balaban J connectivity index is 0.000000111. The van der Waals surface area contributed by atoms with Crippen LogP contribution >= 0.6 is 15.9 Å². The molecule has 0 saturated carbocycles. The number of nitrogens with zero attached hydrogens (tertiary/aromatic N) is 5. The van der Waals surface area contributed by atoms with Crippen molar-refractivity contribution in [1.29, 1.82) is 0 Å².